The van der Waals surface area contributed by atoms with Gasteiger partial charge in [0, 0.05) is 35.2 Å². The Balaban J connectivity index is 0.000000280. The number of fused-ring (bicyclic) bond motifs is 1. The summed E-state index contributed by atoms with van der Waals surface area (Å²) in [6.07, 6.45) is 0.565. The number of phenols is 8. The molecule has 0 radical (unpaired) electrons. The Morgan fingerprint density at radius 1 is 0.745 bits per heavy atom. The van der Waals surface area contributed by atoms with Gasteiger partial charge in [0.05, 0.1) is 5.56 Å². The zero-order valence-corrected chi connectivity index (χ0v) is 25.6. The quantitative estimate of drug-likeness (QED) is 0.0554. The summed E-state index contributed by atoms with van der Waals surface area (Å²) in [5.74, 6) is -4.16. The molecule has 0 aliphatic carbocycles. The van der Waals surface area contributed by atoms with Gasteiger partial charge in [0.25, 0.3) is 0 Å². The van der Waals surface area contributed by atoms with Crippen molar-refractivity contribution in [2.45, 2.75) is 45.8 Å². The van der Waals surface area contributed by atoms with E-state index in [1.807, 2.05) is 19.9 Å². The molecule has 0 aromatic heterocycles. The van der Waals surface area contributed by atoms with Gasteiger partial charge in [-0.15, -0.1) is 0 Å². The molecule has 47 heavy (non-hydrogen) atoms. The smallest absolute Gasteiger partial charge is 0.338 e. The van der Waals surface area contributed by atoms with Crippen molar-refractivity contribution in [3.8, 4) is 51.7 Å². The van der Waals surface area contributed by atoms with Crippen LogP contribution in [0, 0.1) is 0 Å². The van der Waals surface area contributed by atoms with E-state index in [-0.39, 0.29) is 52.1 Å². The number of carbonyl (C=O) groups excluding carboxylic acids is 2. The van der Waals surface area contributed by atoms with E-state index in [2.05, 4.69) is 0 Å². The number of ether oxygens (including phenoxy) is 2. The molecule has 0 fully saturated rings. The number of hydrogen-bond donors (Lipinski definition) is 8. The van der Waals surface area contributed by atoms with Gasteiger partial charge in [-0.05, 0) is 75.2 Å². The van der Waals surface area contributed by atoms with Crippen molar-refractivity contribution in [3.05, 3.63) is 100 Å². The first-order valence-corrected chi connectivity index (χ1v) is 14.3. The number of phenolic OH excluding ortho intramolecular Hbond substituents is 8. The predicted molar refractivity (Wildman–Crippen MR) is 169 cm³/mol. The summed E-state index contributed by atoms with van der Waals surface area (Å²) < 4.78 is 11.4. The highest BCUT2D eigenvalue weighted by atomic mass is 16.6. The van der Waals surface area contributed by atoms with Crippen molar-refractivity contribution >= 4 is 11.8 Å². The summed E-state index contributed by atoms with van der Waals surface area (Å²) in [5, 5.41) is 77.8. The van der Waals surface area contributed by atoms with Gasteiger partial charge < -0.3 is 50.3 Å². The topological polar surface area (TPSA) is 214 Å². The molecular formula is C35H34O12. The highest BCUT2D eigenvalue weighted by Crippen LogP contribution is 2.44. The summed E-state index contributed by atoms with van der Waals surface area (Å²) in [6, 6.07) is 13.0. The summed E-state index contributed by atoms with van der Waals surface area (Å²) in [7, 11) is 0. The van der Waals surface area contributed by atoms with Crippen LogP contribution in [0.2, 0.25) is 0 Å². The Morgan fingerprint density at radius 3 is 2.02 bits per heavy atom. The van der Waals surface area contributed by atoms with Crippen LogP contribution in [-0.4, -0.2) is 58.7 Å². The Kier molecular flexibility index (Phi) is 10.0. The van der Waals surface area contributed by atoms with Gasteiger partial charge in [-0.1, -0.05) is 17.7 Å². The highest BCUT2D eigenvalue weighted by molar-refractivity contribution is 5.94. The minimum absolute atomic E-state index is 0.0217. The van der Waals surface area contributed by atoms with Crippen LogP contribution >= 0.6 is 0 Å². The standard InChI is InChI=1S/C22H18O10.C13H16O2/c23-11-6-14(25)12-8-19(32-22(30)10-4-16(27)20(29)17(28)5-10)21(31-18(12)7-11)9-1-2-13(24)15(26)3-9;1-9(2)4-5-12-8-11(10(3)14)6-7-13(12)15/h1-7,19,21,23-29H,8H2;4,6-8,15H,5H2,1-3H3. The third-order valence-corrected chi connectivity index (χ3v) is 7.28. The van der Waals surface area contributed by atoms with E-state index in [9.17, 15) is 50.4 Å². The molecule has 2 atom stereocenters. The normalized spacial score (nSPS) is 14.9. The van der Waals surface area contributed by atoms with Crippen LogP contribution in [0.5, 0.6) is 51.7 Å². The van der Waals surface area contributed by atoms with Gasteiger partial charge >= 0.3 is 5.97 Å². The summed E-state index contributed by atoms with van der Waals surface area (Å²) in [5.41, 5.74) is 2.96. The predicted octanol–water partition coefficient (Wildman–Crippen LogP) is 5.63. The summed E-state index contributed by atoms with van der Waals surface area (Å²) >= 11 is 0. The number of allylic oxidation sites excluding steroid dienone is 2. The number of rotatable bonds is 6. The molecule has 0 saturated heterocycles. The van der Waals surface area contributed by atoms with Crippen molar-refractivity contribution in [3.63, 3.8) is 0 Å². The third kappa shape index (κ3) is 7.98. The second-order valence-corrected chi connectivity index (χ2v) is 11.1. The molecule has 0 bridgehead atoms. The second kappa shape index (κ2) is 13.9. The third-order valence-electron chi connectivity index (χ3n) is 7.28. The maximum atomic E-state index is 12.7. The Hall–Kier alpha value is -6.04. The molecule has 1 heterocycles. The van der Waals surface area contributed by atoms with Crippen LogP contribution in [0.1, 0.15) is 64.3 Å². The molecule has 8 N–H and O–H groups in total. The number of Topliss-reactive ketones (excluding diaryl/α,β-unsaturated/α-hetero) is 1. The van der Waals surface area contributed by atoms with E-state index >= 15 is 0 Å². The molecule has 1 aliphatic rings. The van der Waals surface area contributed by atoms with E-state index in [0.29, 0.717) is 17.5 Å². The van der Waals surface area contributed by atoms with Crippen molar-refractivity contribution in [1.82, 2.24) is 0 Å². The zero-order valence-electron chi connectivity index (χ0n) is 25.6. The number of esters is 1. The molecule has 1 aliphatic heterocycles. The van der Waals surface area contributed by atoms with Gasteiger partial charge in [-0.3, -0.25) is 4.79 Å². The van der Waals surface area contributed by atoms with Crippen molar-refractivity contribution in [2.24, 2.45) is 0 Å². The molecule has 0 spiro atoms. The van der Waals surface area contributed by atoms with Crippen LogP contribution in [0.25, 0.3) is 0 Å². The molecule has 5 rings (SSSR count). The largest absolute Gasteiger partial charge is 0.508 e. The van der Waals surface area contributed by atoms with Gasteiger partial charge in [0.1, 0.15) is 29.1 Å². The lowest BCUT2D eigenvalue weighted by atomic mass is 9.93. The minimum Gasteiger partial charge on any atom is -0.508 e. The minimum atomic E-state index is -1.06. The lowest BCUT2D eigenvalue weighted by Crippen LogP contribution is -2.34. The Bertz CT molecular complexity index is 1830. The molecule has 2 unspecified atom stereocenters. The van der Waals surface area contributed by atoms with Crippen molar-refractivity contribution in [2.75, 3.05) is 0 Å². The van der Waals surface area contributed by atoms with Gasteiger partial charge in [0.2, 0.25) is 0 Å². The first-order chi connectivity index (χ1) is 22.1. The molecule has 0 saturated carbocycles. The number of ketones is 1. The fraction of sp³-hybridized carbons (Fsp3) is 0.200. The molecule has 12 nitrogen and oxygen atoms in total. The summed E-state index contributed by atoms with van der Waals surface area (Å²) in [6.45, 7) is 5.54. The molecular weight excluding hydrogens is 612 g/mol. The van der Waals surface area contributed by atoms with Crippen LogP contribution in [-0.2, 0) is 17.6 Å². The summed E-state index contributed by atoms with van der Waals surface area (Å²) in [4.78, 5) is 23.9. The Labute approximate surface area is 269 Å². The Morgan fingerprint density at radius 2 is 1.40 bits per heavy atom. The molecule has 12 heteroatoms. The maximum Gasteiger partial charge on any atom is 0.338 e. The first kappa shape index (κ1) is 33.8. The number of benzene rings is 4. The maximum absolute atomic E-state index is 12.7. The van der Waals surface area contributed by atoms with E-state index in [4.69, 9.17) is 9.47 Å². The van der Waals surface area contributed by atoms with Gasteiger partial charge in [-0.2, -0.15) is 0 Å². The lowest BCUT2D eigenvalue weighted by Gasteiger charge is -2.34. The average molecular weight is 647 g/mol. The first-order valence-electron chi connectivity index (χ1n) is 14.3. The SMILES string of the molecule is CC(=O)c1ccc(O)c(CC=C(C)C)c1.O=C(OC1Cc2c(O)cc(O)cc2OC1c1ccc(O)c(O)c1)c1cc(O)c(O)c(O)c1. The van der Waals surface area contributed by atoms with Gasteiger partial charge in [0.15, 0.2) is 40.6 Å². The highest BCUT2D eigenvalue weighted by Gasteiger charge is 2.37. The average Bonchev–Trinajstić information content (AvgIpc) is 3.00. The van der Waals surface area contributed by atoms with Gasteiger partial charge in [-0.25, -0.2) is 4.79 Å². The van der Waals surface area contributed by atoms with E-state index in [0.717, 1.165) is 23.8 Å². The van der Waals surface area contributed by atoms with Crippen LogP contribution in [0.3, 0.4) is 0 Å². The lowest BCUT2D eigenvalue weighted by molar-refractivity contribution is -0.0189. The fourth-order valence-corrected chi connectivity index (χ4v) is 4.76. The number of carbonyl (C=O) groups is 2. The molecule has 246 valence electrons. The molecule has 4 aromatic carbocycles. The van der Waals surface area contributed by atoms with Crippen LogP contribution < -0.4 is 4.74 Å². The molecule has 4 aromatic rings. The van der Waals surface area contributed by atoms with Crippen molar-refractivity contribution < 1.29 is 59.9 Å². The second-order valence-electron chi connectivity index (χ2n) is 11.1. The van der Waals surface area contributed by atoms with Crippen LogP contribution in [0.4, 0.5) is 0 Å². The zero-order chi connectivity index (χ0) is 34.6. The van der Waals surface area contributed by atoms with E-state index in [1.54, 1.807) is 18.2 Å². The monoisotopic (exact) mass is 646 g/mol. The fourth-order valence-electron chi connectivity index (χ4n) is 4.76. The molecule has 0 amide bonds. The van der Waals surface area contributed by atoms with Crippen molar-refractivity contribution in [1.29, 1.82) is 0 Å². The number of aromatic hydroxyl groups is 8. The van der Waals surface area contributed by atoms with E-state index in [1.165, 1.54) is 36.8 Å². The van der Waals surface area contributed by atoms with Crippen LogP contribution in [0.15, 0.2) is 72.3 Å². The number of hydrogen-bond acceptors (Lipinski definition) is 12. The van der Waals surface area contributed by atoms with E-state index < -0.39 is 41.2 Å².